The Bertz CT molecular complexity index is 624. The fourth-order valence-corrected chi connectivity index (χ4v) is 2.92. The molecule has 21 heavy (non-hydrogen) atoms. The van der Waals surface area contributed by atoms with E-state index in [9.17, 15) is 0 Å². The predicted molar refractivity (Wildman–Crippen MR) is 84.1 cm³/mol. The zero-order valence-electron chi connectivity index (χ0n) is 12.6. The van der Waals surface area contributed by atoms with E-state index in [1.165, 1.54) is 17.5 Å². The summed E-state index contributed by atoms with van der Waals surface area (Å²) in [5.41, 5.74) is 4.14. The van der Waals surface area contributed by atoms with Crippen molar-refractivity contribution in [2.24, 2.45) is 0 Å². The van der Waals surface area contributed by atoms with Crippen LogP contribution in [0.5, 0.6) is 11.5 Å². The molecule has 0 aromatic heterocycles. The molecule has 3 heteroatoms. The lowest BCUT2D eigenvalue weighted by atomic mass is 9.77. The lowest BCUT2D eigenvalue weighted by molar-refractivity contribution is 0.389. The van der Waals surface area contributed by atoms with Crippen LogP contribution < -0.4 is 14.8 Å². The fraction of sp³-hybridized carbons (Fsp3) is 0.333. The third kappa shape index (κ3) is 2.88. The van der Waals surface area contributed by atoms with Crippen LogP contribution in [0.3, 0.4) is 0 Å². The van der Waals surface area contributed by atoms with Crippen LogP contribution in [0, 0.1) is 0 Å². The molecule has 1 aliphatic rings. The molecule has 2 aromatic rings. The van der Waals surface area contributed by atoms with E-state index in [4.69, 9.17) is 9.47 Å². The normalized spacial score (nSPS) is 16.0. The number of benzene rings is 2. The minimum Gasteiger partial charge on any atom is -0.497 e. The van der Waals surface area contributed by atoms with Crippen molar-refractivity contribution in [3.8, 4) is 11.5 Å². The summed E-state index contributed by atoms with van der Waals surface area (Å²) >= 11 is 0. The molecule has 0 heterocycles. The van der Waals surface area contributed by atoms with Gasteiger partial charge in [-0.15, -0.1) is 0 Å². The maximum absolute atomic E-state index is 5.42. The summed E-state index contributed by atoms with van der Waals surface area (Å²) in [6, 6.07) is 14.6. The first kappa shape index (κ1) is 14.0. The predicted octanol–water partition coefficient (Wildman–Crippen LogP) is 3.13. The molecule has 3 rings (SSSR count). The average Bonchev–Trinajstić information content (AvgIpc) is 2.51. The Morgan fingerprint density at radius 1 is 1.10 bits per heavy atom. The van der Waals surface area contributed by atoms with E-state index < -0.39 is 0 Å². The molecule has 3 nitrogen and oxygen atoms in total. The summed E-state index contributed by atoms with van der Waals surface area (Å²) in [6.07, 6.45) is 1.18. The third-order valence-corrected chi connectivity index (χ3v) is 4.16. The minimum atomic E-state index is 0.644. The molecule has 0 aliphatic heterocycles. The molecule has 0 fully saturated rings. The van der Waals surface area contributed by atoms with E-state index in [1.807, 2.05) is 12.1 Å². The summed E-state index contributed by atoms with van der Waals surface area (Å²) < 4.78 is 10.6. The molecule has 1 N–H and O–H groups in total. The number of nitrogens with one attached hydrogen (secondary N) is 1. The standard InChI is InChI=1S/C18H21NO2/c1-20-16-8-7-14(18(10-16)21-2)11-19-12-15-9-13-5-3-4-6-17(13)15/h3-8,10,15,19H,9,11-12H2,1-2H3. The first-order chi connectivity index (χ1) is 10.3. The Hall–Kier alpha value is -2.00. The van der Waals surface area contributed by atoms with Crippen molar-refractivity contribution in [2.75, 3.05) is 20.8 Å². The Morgan fingerprint density at radius 2 is 1.95 bits per heavy atom. The van der Waals surface area contributed by atoms with E-state index >= 15 is 0 Å². The van der Waals surface area contributed by atoms with E-state index in [-0.39, 0.29) is 0 Å². The molecular formula is C18H21NO2. The molecule has 0 amide bonds. The van der Waals surface area contributed by atoms with Gasteiger partial charge in [0.15, 0.2) is 0 Å². The molecule has 1 unspecified atom stereocenters. The summed E-state index contributed by atoms with van der Waals surface area (Å²) in [5.74, 6) is 2.34. The maximum Gasteiger partial charge on any atom is 0.127 e. The number of rotatable bonds is 6. The van der Waals surface area contributed by atoms with Crippen LogP contribution in [0.1, 0.15) is 22.6 Å². The van der Waals surface area contributed by atoms with Crippen LogP contribution in [0.25, 0.3) is 0 Å². The van der Waals surface area contributed by atoms with E-state index in [0.29, 0.717) is 5.92 Å². The van der Waals surface area contributed by atoms with Crippen molar-refractivity contribution >= 4 is 0 Å². The van der Waals surface area contributed by atoms with Crippen molar-refractivity contribution in [2.45, 2.75) is 18.9 Å². The topological polar surface area (TPSA) is 30.5 Å². The van der Waals surface area contributed by atoms with Crippen LogP contribution in [0.4, 0.5) is 0 Å². The summed E-state index contributed by atoms with van der Waals surface area (Å²) in [4.78, 5) is 0. The maximum atomic E-state index is 5.42. The molecule has 1 atom stereocenters. The minimum absolute atomic E-state index is 0.644. The smallest absolute Gasteiger partial charge is 0.127 e. The van der Waals surface area contributed by atoms with E-state index in [1.54, 1.807) is 14.2 Å². The first-order valence-electron chi connectivity index (χ1n) is 7.31. The highest BCUT2D eigenvalue weighted by molar-refractivity contribution is 5.41. The number of hydrogen-bond acceptors (Lipinski definition) is 3. The zero-order valence-corrected chi connectivity index (χ0v) is 12.6. The van der Waals surface area contributed by atoms with Gasteiger partial charge in [-0.1, -0.05) is 30.3 Å². The van der Waals surface area contributed by atoms with Gasteiger partial charge in [-0.25, -0.2) is 0 Å². The fourth-order valence-electron chi connectivity index (χ4n) is 2.92. The Morgan fingerprint density at radius 3 is 2.71 bits per heavy atom. The van der Waals surface area contributed by atoms with Gasteiger partial charge in [-0.05, 0) is 23.6 Å². The van der Waals surface area contributed by atoms with Crippen molar-refractivity contribution in [3.63, 3.8) is 0 Å². The molecular weight excluding hydrogens is 262 g/mol. The molecule has 0 spiro atoms. The van der Waals surface area contributed by atoms with E-state index in [2.05, 4.69) is 35.6 Å². The van der Waals surface area contributed by atoms with Gasteiger partial charge < -0.3 is 14.8 Å². The first-order valence-corrected chi connectivity index (χ1v) is 7.31. The largest absolute Gasteiger partial charge is 0.497 e. The van der Waals surface area contributed by atoms with Crippen molar-refractivity contribution < 1.29 is 9.47 Å². The number of hydrogen-bond donors (Lipinski definition) is 1. The molecule has 1 aliphatic carbocycles. The van der Waals surface area contributed by atoms with Crippen molar-refractivity contribution in [3.05, 3.63) is 59.2 Å². The monoisotopic (exact) mass is 283 g/mol. The van der Waals surface area contributed by atoms with Gasteiger partial charge >= 0.3 is 0 Å². The summed E-state index contributed by atoms with van der Waals surface area (Å²) in [5, 5.41) is 3.54. The second-order valence-electron chi connectivity index (χ2n) is 5.41. The highest BCUT2D eigenvalue weighted by Crippen LogP contribution is 2.34. The van der Waals surface area contributed by atoms with E-state index in [0.717, 1.165) is 30.2 Å². The highest BCUT2D eigenvalue weighted by atomic mass is 16.5. The van der Waals surface area contributed by atoms with Crippen molar-refractivity contribution in [1.82, 2.24) is 5.32 Å². The average molecular weight is 283 g/mol. The highest BCUT2D eigenvalue weighted by Gasteiger charge is 2.24. The Balaban J connectivity index is 1.57. The number of fused-ring (bicyclic) bond motifs is 1. The van der Waals surface area contributed by atoms with Crippen molar-refractivity contribution in [1.29, 1.82) is 0 Å². The van der Waals surface area contributed by atoms with Gasteiger partial charge in [-0.3, -0.25) is 0 Å². The van der Waals surface area contributed by atoms with Crippen LogP contribution in [-0.4, -0.2) is 20.8 Å². The molecule has 110 valence electrons. The number of methoxy groups -OCH3 is 2. The summed E-state index contributed by atoms with van der Waals surface area (Å²) in [6.45, 7) is 1.82. The molecule has 2 aromatic carbocycles. The van der Waals surface area contributed by atoms with Gasteiger partial charge in [0.25, 0.3) is 0 Å². The quantitative estimate of drug-likeness (QED) is 0.883. The Labute approximate surface area is 125 Å². The zero-order chi connectivity index (χ0) is 14.7. The van der Waals surface area contributed by atoms with Gasteiger partial charge in [0.1, 0.15) is 11.5 Å². The van der Waals surface area contributed by atoms with Gasteiger partial charge in [0, 0.05) is 30.6 Å². The third-order valence-electron chi connectivity index (χ3n) is 4.16. The SMILES string of the molecule is COc1ccc(CNCC2Cc3ccccc32)c(OC)c1. The molecule has 0 bridgehead atoms. The van der Waals surface area contributed by atoms with Gasteiger partial charge in [-0.2, -0.15) is 0 Å². The second-order valence-corrected chi connectivity index (χ2v) is 5.41. The molecule has 0 saturated carbocycles. The van der Waals surface area contributed by atoms with Gasteiger partial charge in [0.05, 0.1) is 14.2 Å². The van der Waals surface area contributed by atoms with Crippen LogP contribution >= 0.6 is 0 Å². The van der Waals surface area contributed by atoms with Crippen LogP contribution in [-0.2, 0) is 13.0 Å². The van der Waals surface area contributed by atoms with Gasteiger partial charge in [0.2, 0.25) is 0 Å². The molecule has 0 radical (unpaired) electrons. The lowest BCUT2D eigenvalue weighted by Gasteiger charge is -2.30. The summed E-state index contributed by atoms with van der Waals surface area (Å²) in [7, 11) is 3.36. The lowest BCUT2D eigenvalue weighted by Crippen LogP contribution is -2.28. The molecule has 0 saturated heterocycles. The number of ether oxygens (including phenoxy) is 2. The van der Waals surface area contributed by atoms with Crippen LogP contribution in [0.2, 0.25) is 0 Å². The second kappa shape index (κ2) is 6.19. The Kier molecular flexibility index (Phi) is 4.11. The van der Waals surface area contributed by atoms with Crippen LogP contribution in [0.15, 0.2) is 42.5 Å².